The zero-order valence-electron chi connectivity index (χ0n) is 17.2. The van der Waals surface area contributed by atoms with E-state index in [0.717, 1.165) is 37.3 Å². The number of aliphatic hydroxyl groups excluding tert-OH is 1. The fourth-order valence-electron chi connectivity index (χ4n) is 5.31. The molecule has 5 heterocycles. The maximum atomic E-state index is 13.2. The van der Waals surface area contributed by atoms with Gasteiger partial charge >= 0.3 is 0 Å². The molecule has 1 amide bonds. The van der Waals surface area contributed by atoms with Crippen molar-refractivity contribution in [2.75, 3.05) is 26.2 Å². The average molecular weight is 409 g/mol. The molecule has 30 heavy (non-hydrogen) atoms. The van der Waals surface area contributed by atoms with E-state index in [4.69, 9.17) is 0 Å². The fourth-order valence-corrected chi connectivity index (χ4v) is 5.31. The van der Waals surface area contributed by atoms with Gasteiger partial charge in [0, 0.05) is 49.6 Å². The van der Waals surface area contributed by atoms with Crippen molar-refractivity contribution in [1.82, 2.24) is 19.4 Å². The summed E-state index contributed by atoms with van der Waals surface area (Å²) in [4.78, 5) is 34.6. The molecular weight excluding hydrogens is 380 g/mol. The van der Waals surface area contributed by atoms with E-state index in [9.17, 15) is 14.7 Å². The Balaban J connectivity index is 1.37. The van der Waals surface area contributed by atoms with Crippen LogP contribution in [-0.4, -0.2) is 56.5 Å². The van der Waals surface area contributed by atoms with Crippen molar-refractivity contribution in [3.63, 3.8) is 0 Å². The summed E-state index contributed by atoms with van der Waals surface area (Å²) in [6, 6.07) is 7.48. The zero-order chi connectivity index (χ0) is 20.7. The number of aliphatic hydroxyl groups is 1. The van der Waals surface area contributed by atoms with E-state index in [2.05, 4.69) is 16.0 Å². The molecule has 2 bridgehead atoms. The Bertz CT molecular complexity index is 1010. The molecule has 0 spiro atoms. The summed E-state index contributed by atoms with van der Waals surface area (Å²) < 4.78 is 1.97. The molecule has 0 unspecified atom stereocenters. The topological polar surface area (TPSA) is 78.7 Å². The minimum atomic E-state index is -0.107. The number of rotatable bonds is 4. The second-order valence-electron chi connectivity index (χ2n) is 8.90. The molecule has 7 heteroatoms. The highest BCUT2D eigenvalue weighted by atomic mass is 16.3. The molecule has 2 aromatic rings. The third-order valence-corrected chi connectivity index (χ3v) is 6.79. The summed E-state index contributed by atoms with van der Waals surface area (Å²) in [5, 5.41) is 9.34. The summed E-state index contributed by atoms with van der Waals surface area (Å²) >= 11 is 0. The van der Waals surface area contributed by atoms with Gasteiger partial charge in [-0.15, -0.1) is 0 Å². The van der Waals surface area contributed by atoms with Crippen LogP contribution >= 0.6 is 0 Å². The molecule has 158 valence electrons. The molecular formula is C23H28N4O3. The van der Waals surface area contributed by atoms with Gasteiger partial charge < -0.3 is 14.6 Å². The normalized spacial score (nSPS) is 23.4. The minimum Gasteiger partial charge on any atom is -0.392 e. The minimum absolute atomic E-state index is 0.0959. The monoisotopic (exact) mass is 408 g/mol. The van der Waals surface area contributed by atoms with Crippen molar-refractivity contribution in [2.45, 2.75) is 44.9 Å². The maximum Gasteiger partial charge on any atom is 0.272 e. The van der Waals surface area contributed by atoms with Crippen molar-refractivity contribution in [1.29, 1.82) is 0 Å². The van der Waals surface area contributed by atoms with Crippen LogP contribution in [-0.2, 0) is 19.7 Å². The second kappa shape index (κ2) is 7.96. The Morgan fingerprint density at radius 1 is 1.13 bits per heavy atom. The van der Waals surface area contributed by atoms with Crippen LogP contribution in [0.4, 0.5) is 0 Å². The number of amides is 1. The van der Waals surface area contributed by atoms with E-state index in [1.165, 1.54) is 12.8 Å². The molecule has 0 saturated carbocycles. The first-order chi connectivity index (χ1) is 14.6. The molecule has 2 atom stereocenters. The van der Waals surface area contributed by atoms with Gasteiger partial charge in [-0.2, -0.15) is 0 Å². The summed E-state index contributed by atoms with van der Waals surface area (Å²) in [5.41, 5.74) is 3.15. The van der Waals surface area contributed by atoms with Crippen LogP contribution in [0.5, 0.6) is 0 Å². The molecule has 2 aromatic heterocycles. The Hall–Kier alpha value is -2.51. The summed E-state index contributed by atoms with van der Waals surface area (Å²) in [5.74, 6) is 0.360. The van der Waals surface area contributed by atoms with Crippen LogP contribution in [0.3, 0.4) is 0 Å². The van der Waals surface area contributed by atoms with Gasteiger partial charge in [-0.05, 0) is 62.0 Å². The van der Waals surface area contributed by atoms with E-state index >= 15 is 0 Å². The largest absolute Gasteiger partial charge is 0.392 e. The SMILES string of the molecule is O=C(c1cc(CO)ccn1)N1C[C@@H]2C[C@H](C1)c1ccc(CN3CCCC3)c(=O)n1C2. The van der Waals surface area contributed by atoms with Crippen molar-refractivity contribution in [2.24, 2.45) is 5.92 Å². The van der Waals surface area contributed by atoms with E-state index in [1.807, 2.05) is 15.5 Å². The molecule has 1 N–H and O–H groups in total. The lowest BCUT2D eigenvalue weighted by Crippen LogP contribution is -2.49. The fraction of sp³-hybridized carbons (Fsp3) is 0.522. The van der Waals surface area contributed by atoms with Gasteiger partial charge in [-0.25, -0.2) is 0 Å². The predicted molar refractivity (Wildman–Crippen MR) is 112 cm³/mol. The lowest BCUT2D eigenvalue weighted by atomic mass is 9.82. The smallest absolute Gasteiger partial charge is 0.272 e. The number of pyridine rings is 2. The van der Waals surface area contributed by atoms with E-state index in [-0.39, 0.29) is 29.9 Å². The molecule has 0 aromatic carbocycles. The third kappa shape index (κ3) is 3.56. The first-order valence-electron chi connectivity index (χ1n) is 10.9. The lowest BCUT2D eigenvalue weighted by Gasteiger charge is -2.42. The van der Waals surface area contributed by atoms with Gasteiger partial charge in [0.15, 0.2) is 0 Å². The van der Waals surface area contributed by atoms with Gasteiger partial charge in [-0.3, -0.25) is 19.5 Å². The summed E-state index contributed by atoms with van der Waals surface area (Å²) in [6.07, 6.45) is 5.02. The zero-order valence-corrected chi connectivity index (χ0v) is 17.2. The quantitative estimate of drug-likeness (QED) is 0.831. The van der Waals surface area contributed by atoms with Gasteiger partial charge in [0.1, 0.15) is 5.69 Å². The van der Waals surface area contributed by atoms with Gasteiger partial charge in [0.2, 0.25) is 0 Å². The summed E-state index contributed by atoms with van der Waals surface area (Å²) in [7, 11) is 0. The van der Waals surface area contributed by atoms with Crippen LogP contribution in [0.15, 0.2) is 35.3 Å². The number of piperidine rings is 1. The number of nitrogens with zero attached hydrogens (tertiary/aromatic N) is 4. The molecule has 2 saturated heterocycles. The van der Waals surface area contributed by atoms with Crippen LogP contribution in [0.2, 0.25) is 0 Å². The van der Waals surface area contributed by atoms with Crippen LogP contribution in [0.1, 0.15) is 52.5 Å². The molecule has 5 rings (SSSR count). The first-order valence-corrected chi connectivity index (χ1v) is 10.9. The van der Waals surface area contributed by atoms with Crippen LogP contribution in [0.25, 0.3) is 0 Å². The average Bonchev–Trinajstić information content (AvgIpc) is 3.28. The van der Waals surface area contributed by atoms with Crippen molar-refractivity contribution in [3.05, 3.63) is 63.3 Å². The highest BCUT2D eigenvalue weighted by Crippen LogP contribution is 2.35. The summed E-state index contributed by atoms with van der Waals surface area (Å²) in [6.45, 7) is 4.71. The number of fused-ring (bicyclic) bond motifs is 4. The number of carbonyl (C=O) groups excluding carboxylic acids is 1. The molecule has 0 aliphatic carbocycles. The molecule has 2 fully saturated rings. The first kappa shape index (κ1) is 19.5. The second-order valence-corrected chi connectivity index (χ2v) is 8.90. The van der Waals surface area contributed by atoms with E-state index in [1.54, 1.807) is 18.3 Å². The van der Waals surface area contributed by atoms with E-state index < -0.39 is 0 Å². The lowest BCUT2D eigenvalue weighted by molar-refractivity contribution is 0.0588. The van der Waals surface area contributed by atoms with Gasteiger partial charge in [0.05, 0.1) is 6.61 Å². The van der Waals surface area contributed by atoms with E-state index in [0.29, 0.717) is 30.9 Å². The standard InChI is InChI=1S/C23H28N4O3/c28-15-16-5-6-24-20(10-16)23(30)26-11-17-9-19(14-26)21-4-3-18(22(29)27(21)12-17)13-25-7-1-2-8-25/h3-6,10,17,19,28H,1-2,7-9,11-15H2/t17-,19+/m0/s1. The molecule has 0 radical (unpaired) electrons. The molecule has 3 aliphatic rings. The number of aromatic nitrogens is 2. The third-order valence-electron chi connectivity index (χ3n) is 6.79. The van der Waals surface area contributed by atoms with Gasteiger partial charge in [0.25, 0.3) is 11.5 Å². The van der Waals surface area contributed by atoms with Crippen molar-refractivity contribution < 1.29 is 9.90 Å². The van der Waals surface area contributed by atoms with Crippen LogP contribution < -0.4 is 5.56 Å². The number of hydrogen-bond acceptors (Lipinski definition) is 5. The Morgan fingerprint density at radius 3 is 2.77 bits per heavy atom. The number of likely N-dealkylation sites (tertiary alicyclic amines) is 2. The molecule has 7 nitrogen and oxygen atoms in total. The molecule has 3 aliphatic heterocycles. The van der Waals surface area contributed by atoms with Crippen LogP contribution in [0, 0.1) is 5.92 Å². The Morgan fingerprint density at radius 2 is 1.97 bits per heavy atom. The van der Waals surface area contributed by atoms with Crippen molar-refractivity contribution in [3.8, 4) is 0 Å². The predicted octanol–water partition coefficient (Wildman–Crippen LogP) is 1.59. The Kier molecular flexibility index (Phi) is 5.16. The highest BCUT2D eigenvalue weighted by Gasteiger charge is 2.37. The van der Waals surface area contributed by atoms with Crippen molar-refractivity contribution >= 4 is 5.91 Å². The maximum absolute atomic E-state index is 13.2. The van der Waals surface area contributed by atoms with Gasteiger partial charge in [-0.1, -0.05) is 6.07 Å². The highest BCUT2D eigenvalue weighted by molar-refractivity contribution is 5.92. The number of carbonyl (C=O) groups is 1. The number of hydrogen-bond donors (Lipinski definition) is 1. The Labute approximate surface area is 176 Å².